The minimum absolute atomic E-state index is 0.0595. The number of carbonyl (C=O) groups is 1. The third-order valence-electron chi connectivity index (χ3n) is 2.56. The molecule has 0 saturated carbocycles. The van der Waals surface area contributed by atoms with E-state index in [2.05, 4.69) is 0 Å². The van der Waals surface area contributed by atoms with Crippen molar-refractivity contribution in [2.24, 2.45) is 5.73 Å². The van der Waals surface area contributed by atoms with Crippen LogP contribution in [0.1, 0.15) is 15.9 Å². The molecule has 2 aromatic rings. The second-order valence-electron chi connectivity index (χ2n) is 3.88. The van der Waals surface area contributed by atoms with Gasteiger partial charge < -0.3 is 15.6 Å². The summed E-state index contributed by atoms with van der Waals surface area (Å²) in [6.07, 6.45) is 0. The number of halogens is 1. The fourth-order valence-corrected chi connectivity index (χ4v) is 1.62. The lowest BCUT2D eigenvalue weighted by atomic mass is 10.1. The van der Waals surface area contributed by atoms with Crippen LogP contribution in [-0.4, -0.2) is 11.0 Å². The monoisotopic (exact) mass is 261 g/mol. The van der Waals surface area contributed by atoms with Crippen molar-refractivity contribution in [3.05, 3.63) is 59.4 Å². The van der Waals surface area contributed by atoms with Gasteiger partial charge in [-0.3, -0.25) is 4.79 Å². The van der Waals surface area contributed by atoms with E-state index in [-0.39, 0.29) is 17.9 Å². The van der Waals surface area contributed by atoms with E-state index >= 15 is 0 Å². The first kappa shape index (κ1) is 13.0. The van der Waals surface area contributed by atoms with Crippen LogP contribution in [0.15, 0.2) is 42.5 Å². The summed E-state index contributed by atoms with van der Waals surface area (Å²) in [5.74, 6) is -1.13. The molecule has 0 atom stereocenters. The smallest absolute Gasteiger partial charge is 0.255 e. The van der Waals surface area contributed by atoms with Crippen LogP contribution in [0.2, 0.25) is 0 Å². The minimum Gasteiger partial charge on any atom is -0.456 e. The summed E-state index contributed by atoms with van der Waals surface area (Å²) in [4.78, 5) is 11.2. The maximum absolute atomic E-state index is 13.5. The lowest BCUT2D eigenvalue weighted by Gasteiger charge is -2.10. The molecule has 98 valence electrons. The van der Waals surface area contributed by atoms with Gasteiger partial charge in [0, 0.05) is 0 Å². The highest BCUT2D eigenvalue weighted by Gasteiger charge is 2.15. The first-order valence-electron chi connectivity index (χ1n) is 5.58. The summed E-state index contributed by atoms with van der Waals surface area (Å²) >= 11 is 0. The molecule has 5 heteroatoms. The summed E-state index contributed by atoms with van der Waals surface area (Å²) < 4.78 is 18.9. The van der Waals surface area contributed by atoms with Crippen LogP contribution in [-0.2, 0) is 6.61 Å². The predicted octanol–water partition coefficient (Wildman–Crippen LogP) is 2.21. The molecule has 0 bridgehead atoms. The van der Waals surface area contributed by atoms with Crippen molar-refractivity contribution in [3.8, 4) is 11.5 Å². The minimum atomic E-state index is -0.889. The van der Waals surface area contributed by atoms with Gasteiger partial charge in [0.1, 0.15) is 22.9 Å². The van der Waals surface area contributed by atoms with Gasteiger partial charge in [0.15, 0.2) is 0 Å². The molecule has 2 aromatic carbocycles. The average molecular weight is 261 g/mol. The van der Waals surface area contributed by atoms with Gasteiger partial charge in [0.2, 0.25) is 0 Å². The van der Waals surface area contributed by atoms with E-state index in [0.717, 1.165) is 11.6 Å². The highest BCUT2D eigenvalue weighted by Crippen LogP contribution is 2.27. The molecular weight excluding hydrogens is 249 g/mol. The zero-order valence-corrected chi connectivity index (χ0v) is 9.97. The standard InChI is InChI=1S/C14H12FNO3/c15-11-2-1-3-12(13(11)14(16)18)19-10-6-4-9(8-17)5-7-10/h1-7,17H,8H2,(H2,16,18). The summed E-state index contributed by atoms with van der Waals surface area (Å²) in [6, 6.07) is 10.6. The molecule has 0 aliphatic rings. The molecule has 0 radical (unpaired) electrons. The molecule has 19 heavy (non-hydrogen) atoms. The van der Waals surface area contributed by atoms with Gasteiger partial charge in [-0.25, -0.2) is 4.39 Å². The summed E-state index contributed by atoms with van der Waals surface area (Å²) in [6.45, 7) is -0.0766. The fraction of sp³-hybridized carbons (Fsp3) is 0.0714. The number of primary amides is 1. The van der Waals surface area contributed by atoms with E-state index in [1.165, 1.54) is 12.1 Å². The van der Waals surface area contributed by atoms with Gasteiger partial charge in [0.05, 0.1) is 6.61 Å². The second kappa shape index (κ2) is 5.49. The first-order chi connectivity index (χ1) is 9.11. The van der Waals surface area contributed by atoms with E-state index in [4.69, 9.17) is 15.6 Å². The average Bonchev–Trinajstić information content (AvgIpc) is 2.39. The van der Waals surface area contributed by atoms with Gasteiger partial charge in [-0.2, -0.15) is 0 Å². The van der Waals surface area contributed by atoms with Crippen molar-refractivity contribution in [1.82, 2.24) is 0 Å². The lowest BCUT2D eigenvalue weighted by molar-refractivity contribution is 0.0994. The van der Waals surface area contributed by atoms with Crippen molar-refractivity contribution in [2.75, 3.05) is 0 Å². The van der Waals surface area contributed by atoms with Crippen LogP contribution in [0.4, 0.5) is 4.39 Å². The molecule has 3 N–H and O–H groups in total. The van der Waals surface area contributed by atoms with Crippen LogP contribution >= 0.6 is 0 Å². The number of hydrogen-bond acceptors (Lipinski definition) is 3. The quantitative estimate of drug-likeness (QED) is 0.886. The van der Waals surface area contributed by atoms with Crippen LogP contribution in [0, 0.1) is 5.82 Å². The molecule has 0 saturated heterocycles. The van der Waals surface area contributed by atoms with Crippen LogP contribution in [0.3, 0.4) is 0 Å². The molecular formula is C14H12FNO3. The van der Waals surface area contributed by atoms with Crippen molar-refractivity contribution >= 4 is 5.91 Å². The topological polar surface area (TPSA) is 72.6 Å². The molecule has 0 aliphatic carbocycles. The van der Waals surface area contributed by atoms with E-state index in [1.54, 1.807) is 24.3 Å². The lowest BCUT2D eigenvalue weighted by Crippen LogP contribution is -2.14. The van der Waals surface area contributed by atoms with E-state index < -0.39 is 11.7 Å². The number of aliphatic hydroxyl groups excluding tert-OH is 1. The highest BCUT2D eigenvalue weighted by molar-refractivity contribution is 5.96. The number of rotatable bonds is 4. The van der Waals surface area contributed by atoms with Crippen molar-refractivity contribution in [3.63, 3.8) is 0 Å². The Labute approximate surface area is 109 Å². The van der Waals surface area contributed by atoms with Crippen molar-refractivity contribution < 1.29 is 19.0 Å². The molecule has 1 amide bonds. The third kappa shape index (κ3) is 2.89. The molecule has 0 aliphatic heterocycles. The Morgan fingerprint density at radius 2 is 1.89 bits per heavy atom. The number of hydrogen-bond donors (Lipinski definition) is 2. The molecule has 2 rings (SSSR count). The Bertz CT molecular complexity index is 596. The Kier molecular flexibility index (Phi) is 3.77. The Hall–Kier alpha value is -2.40. The number of carbonyl (C=O) groups excluding carboxylic acids is 1. The third-order valence-corrected chi connectivity index (χ3v) is 2.56. The SMILES string of the molecule is NC(=O)c1c(F)cccc1Oc1ccc(CO)cc1. The number of amides is 1. The maximum atomic E-state index is 13.5. The summed E-state index contributed by atoms with van der Waals surface area (Å²) in [7, 11) is 0. The number of nitrogens with two attached hydrogens (primary N) is 1. The number of aliphatic hydroxyl groups is 1. The highest BCUT2D eigenvalue weighted by atomic mass is 19.1. The Balaban J connectivity index is 2.32. The van der Waals surface area contributed by atoms with Gasteiger partial charge >= 0.3 is 0 Å². The molecule has 0 unspecified atom stereocenters. The first-order valence-corrected chi connectivity index (χ1v) is 5.58. The normalized spacial score (nSPS) is 10.2. The Morgan fingerprint density at radius 1 is 1.21 bits per heavy atom. The largest absolute Gasteiger partial charge is 0.456 e. The van der Waals surface area contributed by atoms with Crippen LogP contribution in [0.25, 0.3) is 0 Å². The molecule has 0 spiro atoms. The zero-order valence-electron chi connectivity index (χ0n) is 9.97. The van der Waals surface area contributed by atoms with Gasteiger partial charge in [-0.1, -0.05) is 18.2 Å². The summed E-state index contributed by atoms with van der Waals surface area (Å²) in [5, 5.41) is 8.92. The van der Waals surface area contributed by atoms with E-state index in [9.17, 15) is 9.18 Å². The fourth-order valence-electron chi connectivity index (χ4n) is 1.62. The van der Waals surface area contributed by atoms with Gasteiger partial charge in [-0.05, 0) is 29.8 Å². The Morgan fingerprint density at radius 3 is 2.47 bits per heavy atom. The number of benzene rings is 2. The molecule has 0 fully saturated rings. The molecule has 0 aromatic heterocycles. The van der Waals surface area contributed by atoms with Crippen molar-refractivity contribution in [2.45, 2.75) is 6.61 Å². The maximum Gasteiger partial charge on any atom is 0.255 e. The van der Waals surface area contributed by atoms with Gasteiger partial charge in [-0.15, -0.1) is 0 Å². The van der Waals surface area contributed by atoms with Crippen molar-refractivity contribution in [1.29, 1.82) is 0 Å². The van der Waals surface area contributed by atoms with E-state index in [0.29, 0.717) is 5.75 Å². The second-order valence-corrected chi connectivity index (χ2v) is 3.88. The van der Waals surface area contributed by atoms with E-state index in [1.807, 2.05) is 0 Å². The van der Waals surface area contributed by atoms with Crippen LogP contribution < -0.4 is 10.5 Å². The molecule has 0 heterocycles. The van der Waals surface area contributed by atoms with Gasteiger partial charge in [0.25, 0.3) is 5.91 Å². The molecule has 4 nitrogen and oxygen atoms in total. The number of ether oxygens (including phenoxy) is 1. The zero-order chi connectivity index (χ0) is 13.8. The van der Waals surface area contributed by atoms with Crippen LogP contribution in [0.5, 0.6) is 11.5 Å². The predicted molar refractivity (Wildman–Crippen MR) is 67.4 cm³/mol. The summed E-state index contributed by atoms with van der Waals surface area (Å²) in [5.41, 5.74) is 5.56.